The van der Waals surface area contributed by atoms with Crippen LogP contribution in [0.15, 0.2) is 33.9 Å². The first-order valence-electron chi connectivity index (χ1n) is 8.62. The molecule has 1 aromatic heterocycles. The Morgan fingerprint density at radius 3 is 2.73 bits per heavy atom. The zero-order valence-corrected chi connectivity index (χ0v) is 15.8. The second-order valence-corrected chi connectivity index (χ2v) is 9.19. The molecule has 26 heavy (non-hydrogen) atoms. The molecule has 0 bridgehead atoms. The summed E-state index contributed by atoms with van der Waals surface area (Å²) in [7, 11) is -3.65. The van der Waals surface area contributed by atoms with Crippen molar-refractivity contribution in [1.82, 2.24) is 4.72 Å². The standard InChI is InChI=1S/C18H20N2O4S2/c21-16(14-5-8-25-11-14)3-6-19-26(23,24)15-9-12-1-2-17(22)20-7-4-13(10-15)18(12)20/h5,8-11,16,19,21H,1-4,6-7H2/t16-/m1/s1. The van der Waals surface area contributed by atoms with Crippen molar-refractivity contribution in [2.45, 2.75) is 36.7 Å². The predicted octanol–water partition coefficient (Wildman–Crippen LogP) is 1.99. The van der Waals surface area contributed by atoms with Gasteiger partial charge in [0.1, 0.15) is 0 Å². The van der Waals surface area contributed by atoms with Gasteiger partial charge in [0.25, 0.3) is 0 Å². The van der Waals surface area contributed by atoms with Crippen LogP contribution < -0.4 is 9.62 Å². The van der Waals surface area contributed by atoms with Gasteiger partial charge in [0.2, 0.25) is 15.9 Å². The van der Waals surface area contributed by atoms with E-state index in [0.717, 1.165) is 22.4 Å². The van der Waals surface area contributed by atoms with E-state index in [2.05, 4.69) is 4.72 Å². The highest BCUT2D eigenvalue weighted by Gasteiger charge is 2.32. The van der Waals surface area contributed by atoms with Gasteiger partial charge in [-0.1, -0.05) is 0 Å². The van der Waals surface area contributed by atoms with Gasteiger partial charge in [-0.15, -0.1) is 0 Å². The zero-order chi connectivity index (χ0) is 18.3. The number of nitrogens with zero attached hydrogens (tertiary/aromatic N) is 1. The number of rotatable bonds is 6. The van der Waals surface area contributed by atoms with Crippen molar-refractivity contribution in [2.24, 2.45) is 0 Å². The molecule has 0 saturated heterocycles. The third-order valence-corrected chi connectivity index (χ3v) is 7.12. The monoisotopic (exact) mass is 392 g/mol. The number of carbonyl (C=O) groups excluding carboxylic acids is 1. The Balaban J connectivity index is 1.49. The molecule has 2 aliphatic heterocycles. The molecular formula is C18H20N2O4S2. The largest absolute Gasteiger partial charge is 0.388 e. The van der Waals surface area contributed by atoms with E-state index in [1.807, 2.05) is 16.8 Å². The van der Waals surface area contributed by atoms with Crippen molar-refractivity contribution in [3.05, 3.63) is 45.6 Å². The quantitative estimate of drug-likeness (QED) is 0.787. The maximum Gasteiger partial charge on any atom is 0.240 e. The van der Waals surface area contributed by atoms with Crippen LogP contribution >= 0.6 is 11.3 Å². The average Bonchev–Trinajstić information content (AvgIpc) is 3.28. The summed E-state index contributed by atoms with van der Waals surface area (Å²) in [5.74, 6) is 0.118. The second-order valence-electron chi connectivity index (χ2n) is 6.64. The molecule has 0 spiro atoms. The van der Waals surface area contributed by atoms with E-state index in [0.29, 0.717) is 32.2 Å². The Morgan fingerprint density at radius 2 is 2.00 bits per heavy atom. The lowest BCUT2D eigenvalue weighted by molar-refractivity contribution is -0.118. The maximum atomic E-state index is 12.7. The molecule has 2 N–H and O–H groups in total. The molecule has 4 rings (SSSR count). The molecule has 1 atom stereocenters. The van der Waals surface area contributed by atoms with E-state index in [9.17, 15) is 18.3 Å². The number of benzene rings is 1. The number of aryl methyl sites for hydroxylation is 1. The zero-order valence-electron chi connectivity index (χ0n) is 14.1. The molecule has 8 heteroatoms. The highest BCUT2D eigenvalue weighted by molar-refractivity contribution is 7.89. The molecule has 0 saturated carbocycles. The van der Waals surface area contributed by atoms with Crippen molar-refractivity contribution in [3.63, 3.8) is 0 Å². The van der Waals surface area contributed by atoms with Crippen molar-refractivity contribution >= 4 is 33.0 Å². The summed E-state index contributed by atoms with van der Waals surface area (Å²) in [6.07, 6.45) is 1.34. The normalized spacial score (nSPS) is 17.4. The minimum Gasteiger partial charge on any atom is -0.388 e. The first-order chi connectivity index (χ1) is 12.5. The third-order valence-electron chi connectivity index (χ3n) is 4.97. The minimum absolute atomic E-state index is 0.118. The molecule has 0 radical (unpaired) electrons. The number of aliphatic hydroxyl groups excluding tert-OH is 1. The van der Waals surface area contributed by atoms with Crippen LogP contribution in [0.25, 0.3) is 0 Å². The van der Waals surface area contributed by atoms with Gasteiger partial charge in [-0.2, -0.15) is 11.3 Å². The molecule has 138 valence electrons. The summed E-state index contributed by atoms with van der Waals surface area (Å²) >= 11 is 1.50. The maximum absolute atomic E-state index is 12.7. The Bertz CT molecular complexity index is 938. The van der Waals surface area contributed by atoms with Crippen molar-refractivity contribution in [3.8, 4) is 0 Å². The summed E-state index contributed by atoms with van der Waals surface area (Å²) < 4.78 is 27.9. The van der Waals surface area contributed by atoms with E-state index in [1.54, 1.807) is 17.0 Å². The Morgan fingerprint density at radius 1 is 1.23 bits per heavy atom. The lowest BCUT2D eigenvalue weighted by Crippen LogP contribution is -2.33. The lowest BCUT2D eigenvalue weighted by Gasteiger charge is -2.25. The van der Waals surface area contributed by atoms with E-state index in [-0.39, 0.29) is 17.3 Å². The fourth-order valence-corrected chi connectivity index (χ4v) is 5.48. The van der Waals surface area contributed by atoms with Crippen LogP contribution in [0.1, 0.15) is 35.6 Å². The fourth-order valence-electron chi connectivity index (χ4n) is 3.63. The van der Waals surface area contributed by atoms with Gasteiger partial charge >= 0.3 is 0 Å². The van der Waals surface area contributed by atoms with Crippen molar-refractivity contribution in [1.29, 1.82) is 0 Å². The van der Waals surface area contributed by atoms with Gasteiger partial charge in [0, 0.05) is 19.5 Å². The molecule has 2 aliphatic rings. The number of hydrogen-bond donors (Lipinski definition) is 2. The van der Waals surface area contributed by atoms with Gasteiger partial charge in [-0.25, -0.2) is 13.1 Å². The Kier molecular flexibility index (Phi) is 4.60. The summed E-state index contributed by atoms with van der Waals surface area (Å²) in [4.78, 5) is 14.0. The number of sulfonamides is 1. The number of thiophene rings is 1. The van der Waals surface area contributed by atoms with Gasteiger partial charge in [0.05, 0.1) is 16.7 Å². The first kappa shape index (κ1) is 17.7. The summed E-state index contributed by atoms with van der Waals surface area (Å²) in [6, 6.07) is 5.19. The van der Waals surface area contributed by atoms with Crippen LogP contribution in [0.2, 0.25) is 0 Å². The molecule has 3 heterocycles. The van der Waals surface area contributed by atoms with Crippen molar-refractivity contribution < 1.29 is 18.3 Å². The van der Waals surface area contributed by atoms with Gasteiger partial charge in [-0.3, -0.25) is 4.79 Å². The smallest absolute Gasteiger partial charge is 0.240 e. The summed E-state index contributed by atoms with van der Waals surface area (Å²) in [5.41, 5.74) is 3.57. The topological polar surface area (TPSA) is 86.7 Å². The molecule has 1 amide bonds. The molecule has 0 unspecified atom stereocenters. The van der Waals surface area contributed by atoms with Gasteiger partial charge in [0.15, 0.2) is 0 Å². The summed E-state index contributed by atoms with van der Waals surface area (Å²) in [5, 5.41) is 13.8. The van der Waals surface area contributed by atoms with Crippen LogP contribution in [0.3, 0.4) is 0 Å². The van der Waals surface area contributed by atoms with Crippen LogP contribution in [-0.2, 0) is 27.7 Å². The SMILES string of the molecule is O=C1CCc2cc(S(=O)(=O)NCC[C@@H](O)c3ccsc3)cc3c2N1CC3. The number of nitrogens with one attached hydrogen (secondary N) is 1. The van der Waals surface area contributed by atoms with Crippen LogP contribution in [0.5, 0.6) is 0 Å². The van der Waals surface area contributed by atoms with Crippen LogP contribution in [0.4, 0.5) is 5.69 Å². The number of amides is 1. The fraction of sp³-hybridized carbons (Fsp3) is 0.389. The highest BCUT2D eigenvalue weighted by Crippen LogP contribution is 2.38. The first-order valence-corrected chi connectivity index (χ1v) is 11.0. The Labute approximate surface area is 156 Å². The average molecular weight is 393 g/mol. The third kappa shape index (κ3) is 3.18. The second kappa shape index (κ2) is 6.77. The number of aliphatic hydroxyl groups is 1. The number of hydrogen-bond acceptors (Lipinski definition) is 5. The molecule has 0 aliphatic carbocycles. The predicted molar refractivity (Wildman–Crippen MR) is 99.9 cm³/mol. The number of carbonyl (C=O) groups is 1. The van der Waals surface area contributed by atoms with Gasteiger partial charge < -0.3 is 10.0 Å². The lowest BCUT2D eigenvalue weighted by atomic mass is 10.00. The van der Waals surface area contributed by atoms with Crippen LogP contribution in [-0.4, -0.2) is 32.5 Å². The number of anilines is 1. The van der Waals surface area contributed by atoms with E-state index >= 15 is 0 Å². The van der Waals surface area contributed by atoms with Crippen molar-refractivity contribution in [2.75, 3.05) is 18.0 Å². The summed E-state index contributed by atoms with van der Waals surface area (Å²) in [6.45, 7) is 0.793. The molecular weight excluding hydrogens is 372 g/mol. The molecule has 0 fully saturated rings. The Hall–Kier alpha value is -1.74. The van der Waals surface area contributed by atoms with E-state index in [4.69, 9.17) is 0 Å². The van der Waals surface area contributed by atoms with Gasteiger partial charge in [-0.05, 0) is 64.9 Å². The molecule has 6 nitrogen and oxygen atoms in total. The van der Waals surface area contributed by atoms with Crippen LogP contribution in [0, 0.1) is 0 Å². The molecule has 1 aromatic carbocycles. The molecule has 2 aromatic rings. The highest BCUT2D eigenvalue weighted by atomic mass is 32.2. The van der Waals surface area contributed by atoms with E-state index < -0.39 is 16.1 Å². The van der Waals surface area contributed by atoms with E-state index in [1.165, 1.54) is 11.3 Å². The minimum atomic E-state index is -3.65.